The van der Waals surface area contributed by atoms with Gasteiger partial charge in [0.25, 0.3) is 5.91 Å². The van der Waals surface area contributed by atoms with E-state index in [0.717, 1.165) is 11.2 Å². The minimum atomic E-state index is -0.693. The van der Waals surface area contributed by atoms with Gasteiger partial charge in [-0.15, -0.1) is 11.3 Å². The van der Waals surface area contributed by atoms with Crippen molar-refractivity contribution in [3.8, 4) is 22.5 Å². The third-order valence-electron chi connectivity index (χ3n) is 3.86. The van der Waals surface area contributed by atoms with E-state index in [4.69, 9.17) is 0 Å². The van der Waals surface area contributed by atoms with E-state index < -0.39 is 11.7 Å². The summed E-state index contributed by atoms with van der Waals surface area (Å²) in [6.45, 7) is 0. The Kier molecular flexibility index (Phi) is 4.62. The molecule has 0 bridgehead atoms. The van der Waals surface area contributed by atoms with Gasteiger partial charge in [-0.25, -0.2) is 14.1 Å². The van der Waals surface area contributed by atoms with E-state index in [2.05, 4.69) is 26.5 Å². The van der Waals surface area contributed by atoms with Crippen molar-refractivity contribution >= 4 is 22.9 Å². The maximum atomic E-state index is 13.7. The van der Waals surface area contributed by atoms with Crippen LogP contribution in [0.4, 0.5) is 10.1 Å². The van der Waals surface area contributed by atoms with Crippen LogP contribution < -0.4 is 5.32 Å². The number of benzene rings is 1. The minimum absolute atomic E-state index is 0.0917. The average Bonchev–Trinajstić information content (AvgIpc) is 3.38. The zero-order valence-electron chi connectivity index (χ0n) is 14.2. The highest BCUT2D eigenvalue weighted by molar-refractivity contribution is 7.13. The predicted octanol–water partition coefficient (Wildman–Crippen LogP) is 3.65. The van der Waals surface area contributed by atoms with Gasteiger partial charge in [0.2, 0.25) is 0 Å². The molecule has 4 rings (SSSR count). The van der Waals surface area contributed by atoms with Crippen molar-refractivity contribution in [1.29, 1.82) is 5.26 Å². The second-order valence-electron chi connectivity index (χ2n) is 5.63. The van der Waals surface area contributed by atoms with Crippen molar-refractivity contribution in [3.63, 3.8) is 0 Å². The quantitative estimate of drug-likeness (QED) is 0.574. The number of carbonyl (C=O) groups excluding carboxylic acids is 1. The smallest absolute Gasteiger partial charge is 0.258 e. The highest BCUT2D eigenvalue weighted by Gasteiger charge is 2.14. The number of halogens is 1. The number of amides is 1. The lowest BCUT2D eigenvalue weighted by Gasteiger charge is -2.08. The summed E-state index contributed by atoms with van der Waals surface area (Å²) in [6, 6.07) is 11.8. The Morgan fingerprint density at radius 3 is 2.71 bits per heavy atom. The second-order valence-corrected chi connectivity index (χ2v) is 6.53. The Balaban J connectivity index is 1.58. The van der Waals surface area contributed by atoms with E-state index in [-0.39, 0.29) is 5.56 Å². The maximum absolute atomic E-state index is 13.7. The maximum Gasteiger partial charge on any atom is 0.258 e. The molecule has 28 heavy (non-hydrogen) atoms. The third-order valence-corrected chi connectivity index (χ3v) is 4.66. The van der Waals surface area contributed by atoms with E-state index in [0.29, 0.717) is 22.8 Å². The Labute approximate surface area is 162 Å². The Morgan fingerprint density at radius 1 is 1.21 bits per heavy atom. The van der Waals surface area contributed by atoms with Crippen molar-refractivity contribution in [1.82, 2.24) is 19.7 Å². The number of anilines is 1. The molecule has 3 heterocycles. The fourth-order valence-electron chi connectivity index (χ4n) is 2.56. The number of nitrogens with one attached hydrogen (secondary N) is 1. The molecule has 136 valence electrons. The van der Waals surface area contributed by atoms with Crippen molar-refractivity contribution in [3.05, 3.63) is 77.4 Å². The van der Waals surface area contributed by atoms with Gasteiger partial charge in [0, 0.05) is 29.5 Å². The van der Waals surface area contributed by atoms with Crippen molar-refractivity contribution < 1.29 is 9.18 Å². The number of nitrogens with zero attached hydrogens (tertiary/aromatic N) is 5. The first kappa shape index (κ1) is 17.5. The van der Waals surface area contributed by atoms with Crippen LogP contribution in [0.15, 0.2) is 60.4 Å². The molecule has 1 N–H and O–H groups in total. The lowest BCUT2D eigenvalue weighted by molar-refractivity contribution is 0.102. The molecule has 4 aromatic rings. The molecule has 0 aliphatic carbocycles. The number of carbonyl (C=O) groups is 1. The summed E-state index contributed by atoms with van der Waals surface area (Å²) < 4.78 is 15.2. The van der Waals surface area contributed by atoms with E-state index >= 15 is 0 Å². The van der Waals surface area contributed by atoms with Gasteiger partial charge in [0.15, 0.2) is 5.82 Å². The van der Waals surface area contributed by atoms with Gasteiger partial charge in [-0.2, -0.15) is 10.4 Å². The molecule has 0 saturated carbocycles. The van der Waals surface area contributed by atoms with Gasteiger partial charge < -0.3 is 5.32 Å². The van der Waals surface area contributed by atoms with E-state index in [1.165, 1.54) is 28.3 Å². The monoisotopic (exact) mass is 390 g/mol. The van der Waals surface area contributed by atoms with E-state index in [1.807, 2.05) is 5.38 Å². The van der Waals surface area contributed by atoms with Crippen LogP contribution in [0.2, 0.25) is 0 Å². The Morgan fingerprint density at radius 2 is 2.04 bits per heavy atom. The van der Waals surface area contributed by atoms with Crippen molar-refractivity contribution in [2.75, 3.05) is 5.32 Å². The number of hydrogen-bond donors (Lipinski definition) is 1. The molecule has 0 aliphatic heterocycles. The van der Waals surface area contributed by atoms with Gasteiger partial charge in [-0.3, -0.25) is 9.78 Å². The molecule has 7 nitrogen and oxygen atoms in total. The summed E-state index contributed by atoms with van der Waals surface area (Å²) in [7, 11) is 0. The zero-order valence-corrected chi connectivity index (χ0v) is 15.0. The molecule has 0 radical (unpaired) electrons. The minimum Gasteiger partial charge on any atom is -0.322 e. The first-order valence-corrected chi connectivity index (χ1v) is 8.95. The number of hydrogen-bond acceptors (Lipinski definition) is 6. The molecule has 1 aromatic carbocycles. The van der Waals surface area contributed by atoms with Gasteiger partial charge in [-0.05, 0) is 30.3 Å². The molecule has 1 amide bonds. The van der Waals surface area contributed by atoms with Crippen LogP contribution in [-0.2, 0) is 0 Å². The SMILES string of the molecule is N#Cc1cc(-c2nccs2)nn1-c1ccc(NC(=O)c2ccncc2F)cc1. The van der Waals surface area contributed by atoms with Gasteiger partial charge in [0.05, 0.1) is 17.4 Å². The number of aromatic nitrogens is 4. The van der Waals surface area contributed by atoms with E-state index in [1.54, 1.807) is 36.5 Å². The van der Waals surface area contributed by atoms with Crippen LogP contribution in [0.5, 0.6) is 0 Å². The average molecular weight is 390 g/mol. The molecule has 0 spiro atoms. The van der Waals surface area contributed by atoms with Crippen LogP contribution in [0.1, 0.15) is 16.1 Å². The second kappa shape index (κ2) is 7.38. The summed E-state index contributed by atoms with van der Waals surface area (Å²) in [5.74, 6) is -1.27. The lowest BCUT2D eigenvalue weighted by atomic mass is 10.2. The summed E-state index contributed by atoms with van der Waals surface area (Å²) >= 11 is 1.43. The molecule has 0 unspecified atom stereocenters. The number of thiazole rings is 1. The molecule has 3 aromatic heterocycles. The molecule has 9 heteroatoms. The standard InChI is InChI=1S/C19H11FN6OS/c20-16-11-22-6-5-15(16)18(27)24-12-1-3-13(4-2-12)26-14(10-21)9-17(25-26)19-23-7-8-28-19/h1-9,11H,(H,24,27). The highest BCUT2D eigenvalue weighted by Crippen LogP contribution is 2.24. The predicted molar refractivity (Wildman–Crippen MR) is 102 cm³/mol. The zero-order chi connectivity index (χ0) is 19.5. The van der Waals surface area contributed by atoms with Gasteiger partial charge in [-0.1, -0.05) is 0 Å². The first-order valence-electron chi connectivity index (χ1n) is 8.07. The number of pyridine rings is 1. The first-order chi connectivity index (χ1) is 13.7. The molecule has 0 saturated heterocycles. The lowest BCUT2D eigenvalue weighted by Crippen LogP contribution is -2.14. The van der Waals surface area contributed by atoms with Crippen LogP contribution in [0, 0.1) is 17.1 Å². The van der Waals surface area contributed by atoms with Gasteiger partial charge in [0.1, 0.15) is 22.5 Å². The third kappa shape index (κ3) is 3.36. The molecular weight excluding hydrogens is 379 g/mol. The highest BCUT2D eigenvalue weighted by atomic mass is 32.1. The largest absolute Gasteiger partial charge is 0.322 e. The summed E-state index contributed by atoms with van der Waals surface area (Å²) in [6.07, 6.45) is 4.01. The molecular formula is C19H11FN6OS. The van der Waals surface area contributed by atoms with Gasteiger partial charge >= 0.3 is 0 Å². The Hall–Kier alpha value is -3.90. The normalized spacial score (nSPS) is 10.4. The fourth-order valence-corrected chi connectivity index (χ4v) is 3.15. The van der Waals surface area contributed by atoms with Crippen LogP contribution in [-0.4, -0.2) is 25.7 Å². The number of rotatable bonds is 4. The number of nitriles is 1. The van der Waals surface area contributed by atoms with Crippen LogP contribution in [0.3, 0.4) is 0 Å². The summed E-state index contributed by atoms with van der Waals surface area (Å²) in [5.41, 5.74) is 2.01. The molecule has 0 aliphatic rings. The van der Waals surface area contributed by atoms with Crippen molar-refractivity contribution in [2.24, 2.45) is 0 Å². The topological polar surface area (TPSA) is 96.5 Å². The van der Waals surface area contributed by atoms with Crippen molar-refractivity contribution in [2.45, 2.75) is 0 Å². The van der Waals surface area contributed by atoms with E-state index in [9.17, 15) is 14.4 Å². The molecule has 0 atom stereocenters. The Bertz CT molecular complexity index is 1180. The summed E-state index contributed by atoms with van der Waals surface area (Å²) in [4.78, 5) is 20.0. The van der Waals surface area contributed by atoms with Crippen LogP contribution >= 0.6 is 11.3 Å². The summed E-state index contributed by atoms with van der Waals surface area (Å²) in [5, 5.41) is 19.0. The molecule has 0 fully saturated rings. The fraction of sp³-hybridized carbons (Fsp3) is 0. The van der Waals surface area contributed by atoms with Crippen LogP contribution in [0.25, 0.3) is 16.4 Å².